The summed E-state index contributed by atoms with van der Waals surface area (Å²) in [5.74, 6) is 0.915. The summed E-state index contributed by atoms with van der Waals surface area (Å²) in [7, 11) is 0. The van der Waals surface area contributed by atoms with Crippen LogP contribution in [0, 0.1) is 0 Å². The zero-order valence-corrected chi connectivity index (χ0v) is 10.1. The lowest BCUT2D eigenvalue weighted by molar-refractivity contribution is 0.367. The van der Waals surface area contributed by atoms with Gasteiger partial charge in [-0.2, -0.15) is 0 Å². The Hall–Kier alpha value is -2.28. The van der Waals surface area contributed by atoms with Crippen molar-refractivity contribution in [3.8, 4) is 5.75 Å². The van der Waals surface area contributed by atoms with Crippen LogP contribution in [0.1, 0.15) is 0 Å². The van der Waals surface area contributed by atoms with Crippen molar-refractivity contribution in [2.24, 2.45) is 0 Å². The molecule has 0 saturated heterocycles. The highest BCUT2D eigenvalue weighted by molar-refractivity contribution is 6.00. The fraction of sp³-hybridized carbons (Fsp3) is 0.0588. The van der Waals surface area contributed by atoms with Gasteiger partial charge in [0.1, 0.15) is 12.4 Å². The van der Waals surface area contributed by atoms with Crippen molar-refractivity contribution in [3.05, 3.63) is 67.3 Å². The van der Waals surface area contributed by atoms with Crippen molar-refractivity contribution in [1.29, 1.82) is 0 Å². The van der Waals surface area contributed by atoms with E-state index in [1.165, 1.54) is 16.2 Å². The van der Waals surface area contributed by atoms with E-state index in [2.05, 4.69) is 49.0 Å². The molecule has 0 spiro atoms. The van der Waals surface area contributed by atoms with E-state index in [-0.39, 0.29) is 0 Å². The SMILES string of the molecule is C=CCOc1cccc2cc3ccccc3cc12. The molecule has 88 valence electrons. The van der Waals surface area contributed by atoms with Crippen LogP contribution in [0.2, 0.25) is 0 Å². The Morgan fingerprint density at radius 1 is 0.889 bits per heavy atom. The Labute approximate surface area is 106 Å². The van der Waals surface area contributed by atoms with Crippen molar-refractivity contribution in [3.63, 3.8) is 0 Å². The number of rotatable bonds is 3. The normalized spacial score (nSPS) is 10.7. The number of hydrogen-bond acceptors (Lipinski definition) is 1. The van der Waals surface area contributed by atoms with Crippen LogP contribution < -0.4 is 4.74 Å². The summed E-state index contributed by atoms with van der Waals surface area (Å²) in [5, 5.41) is 4.85. The lowest BCUT2D eigenvalue weighted by Crippen LogP contribution is -1.93. The van der Waals surface area contributed by atoms with E-state index in [0.29, 0.717) is 6.61 Å². The third kappa shape index (κ3) is 1.84. The van der Waals surface area contributed by atoms with Gasteiger partial charge in [-0.1, -0.05) is 49.1 Å². The number of hydrogen-bond donors (Lipinski definition) is 0. The minimum Gasteiger partial charge on any atom is -0.489 e. The van der Waals surface area contributed by atoms with E-state index >= 15 is 0 Å². The average molecular weight is 234 g/mol. The minimum atomic E-state index is 0.534. The smallest absolute Gasteiger partial charge is 0.127 e. The summed E-state index contributed by atoms with van der Waals surface area (Å²) in [6, 6.07) is 18.9. The van der Waals surface area contributed by atoms with Crippen LogP contribution in [-0.2, 0) is 0 Å². The first-order valence-electron chi connectivity index (χ1n) is 6.04. The molecule has 0 bridgehead atoms. The predicted octanol–water partition coefficient (Wildman–Crippen LogP) is 4.56. The molecule has 1 heteroatoms. The third-order valence-electron chi connectivity index (χ3n) is 3.06. The fourth-order valence-electron chi connectivity index (χ4n) is 2.21. The van der Waals surface area contributed by atoms with E-state index in [9.17, 15) is 0 Å². The molecule has 0 radical (unpaired) electrons. The standard InChI is InChI=1S/C17H14O/c1-2-10-18-17-9-5-8-15-11-13-6-3-4-7-14(13)12-16(15)17/h2-9,11-12H,1,10H2. The zero-order chi connectivity index (χ0) is 12.4. The highest BCUT2D eigenvalue weighted by Crippen LogP contribution is 2.29. The molecule has 0 fully saturated rings. The van der Waals surface area contributed by atoms with Gasteiger partial charge >= 0.3 is 0 Å². The largest absolute Gasteiger partial charge is 0.489 e. The molecule has 18 heavy (non-hydrogen) atoms. The summed E-state index contributed by atoms with van der Waals surface area (Å²) in [4.78, 5) is 0. The van der Waals surface area contributed by atoms with E-state index < -0.39 is 0 Å². The quantitative estimate of drug-likeness (QED) is 0.477. The van der Waals surface area contributed by atoms with Gasteiger partial charge in [0.2, 0.25) is 0 Å². The van der Waals surface area contributed by atoms with Gasteiger partial charge in [-0.15, -0.1) is 0 Å². The summed E-state index contributed by atoms with van der Waals surface area (Å²) in [6.45, 7) is 4.21. The monoisotopic (exact) mass is 234 g/mol. The van der Waals surface area contributed by atoms with Crippen LogP contribution in [-0.4, -0.2) is 6.61 Å². The van der Waals surface area contributed by atoms with Gasteiger partial charge in [0.15, 0.2) is 0 Å². The van der Waals surface area contributed by atoms with Crippen molar-refractivity contribution in [2.75, 3.05) is 6.61 Å². The molecule has 0 atom stereocenters. The molecule has 0 N–H and O–H groups in total. The van der Waals surface area contributed by atoms with Crippen LogP contribution in [0.5, 0.6) is 5.75 Å². The fourth-order valence-corrected chi connectivity index (χ4v) is 2.21. The molecule has 0 unspecified atom stereocenters. The van der Waals surface area contributed by atoms with Gasteiger partial charge in [-0.05, 0) is 34.4 Å². The lowest BCUT2D eigenvalue weighted by atomic mass is 10.0. The van der Waals surface area contributed by atoms with Gasteiger partial charge in [0, 0.05) is 5.39 Å². The van der Waals surface area contributed by atoms with E-state index in [0.717, 1.165) is 11.1 Å². The van der Waals surface area contributed by atoms with Crippen LogP contribution in [0.4, 0.5) is 0 Å². The summed E-state index contributed by atoms with van der Waals surface area (Å²) in [5.41, 5.74) is 0. The lowest BCUT2D eigenvalue weighted by Gasteiger charge is -2.08. The predicted molar refractivity (Wildman–Crippen MR) is 77.1 cm³/mol. The molecule has 0 aromatic heterocycles. The highest BCUT2D eigenvalue weighted by Gasteiger charge is 2.03. The van der Waals surface area contributed by atoms with Crippen LogP contribution in [0.15, 0.2) is 67.3 Å². The first-order valence-corrected chi connectivity index (χ1v) is 6.04. The van der Waals surface area contributed by atoms with E-state index in [1.807, 2.05) is 12.1 Å². The molecule has 0 aliphatic rings. The molecule has 0 saturated carbocycles. The van der Waals surface area contributed by atoms with E-state index in [4.69, 9.17) is 4.74 Å². The number of ether oxygens (including phenoxy) is 1. The first-order chi connectivity index (χ1) is 8.88. The first kappa shape index (κ1) is 10.8. The number of benzene rings is 3. The van der Waals surface area contributed by atoms with Crippen LogP contribution >= 0.6 is 0 Å². The Morgan fingerprint density at radius 3 is 2.39 bits per heavy atom. The molecule has 3 aromatic carbocycles. The summed E-state index contributed by atoms with van der Waals surface area (Å²) >= 11 is 0. The van der Waals surface area contributed by atoms with Gasteiger partial charge < -0.3 is 4.74 Å². The maximum absolute atomic E-state index is 5.70. The van der Waals surface area contributed by atoms with Crippen LogP contribution in [0.3, 0.4) is 0 Å². The molecule has 0 aliphatic carbocycles. The van der Waals surface area contributed by atoms with Crippen molar-refractivity contribution in [2.45, 2.75) is 0 Å². The van der Waals surface area contributed by atoms with Gasteiger partial charge in [0.05, 0.1) is 0 Å². The third-order valence-corrected chi connectivity index (χ3v) is 3.06. The molecular formula is C17H14O. The molecule has 1 nitrogen and oxygen atoms in total. The van der Waals surface area contributed by atoms with Crippen molar-refractivity contribution >= 4 is 21.5 Å². The second-order valence-electron chi connectivity index (χ2n) is 4.28. The van der Waals surface area contributed by atoms with Crippen molar-refractivity contribution in [1.82, 2.24) is 0 Å². The highest BCUT2D eigenvalue weighted by atomic mass is 16.5. The Morgan fingerprint density at radius 2 is 1.61 bits per heavy atom. The second kappa shape index (κ2) is 4.53. The summed E-state index contributed by atoms with van der Waals surface area (Å²) in [6.07, 6.45) is 1.76. The van der Waals surface area contributed by atoms with Gasteiger partial charge in [-0.25, -0.2) is 0 Å². The molecule has 0 heterocycles. The Bertz CT molecular complexity index is 713. The Kier molecular flexibility index (Phi) is 2.73. The summed E-state index contributed by atoms with van der Waals surface area (Å²) < 4.78 is 5.70. The zero-order valence-electron chi connectivity index (χ0n) is 10.1. The number of fused-ring (bicyclic) bond motifs is 2. The Balaban J connectivity index is 2.25. The molecule has 0 aliphatic heterocycles. The van der Waals surface area contributed by atoms with Crippen molar-refractivity contribution < 1.29 is 4.74 Å². The van der Waals surface area contributed by atoms with Crippen LogP contribution in [0.25, 0.3) is 21.5 Å². The molecule has 0 amide bonds. The molecule has 3 rings (SSSR count). The maximum Gasteiger partial charge on any atom is 0.127 e. The minimum absolute atomic E-state index is 0.534. The second-order valence-corrected chi connectivity index (χ2v) is 4.28. The van der Waals surface area contributed by atoms with Gasteiger partial charge in [0.25, 0.3) is 0 Å². The average Bonchev–Trinajstić information content (AvgIpc) is 2.43. The molecule has 3 aromatic rings. The van der Waals surface area contributed by atoms with Gasteiger partial charge in [-0.3, -0.25) is 0 Å². The maximum atomic E-state index is 5.70. The topological polar surface area (TPSA) is 9.23 Å². The molecular weight excluding hydrogens is 220 g/mol. The van der Waals surface area contributed by atoms with E-state index in [1.54, 1.807) is 6.08 Å².